The number of piperidine rings is 2. The Morgan fingerprint density at radius 2 is 1.06 bits per heavy atom. The van der Waals surface area contributed by atoms with E-state index in [-0.39, 0.29) is 12.1 Å². The van der Waals surface area contributed by atoms with Crippen molar-refractivity contribution in [1.29, 1.82) is 0 Å². The summed E-state index contributed by atoms with van der Waals surface area (Å²) in [7, 11) is 7.19. The Balaban J connectivity index is 0.000000154. The molecule has 0 spiro atoms. The minimum Gasteiger partial charge on any atom is -0.497 e. The third-order valence-corrected chi connectivity index (χ3v) is 12.6. The number of imidazole rings is 2. The van der Waals surface area contributed by atoms with Crippen LogP contribution < -0.4 is 29.3 Å². The van der Waals surface area contributed by atoms with Crippen molar-refractivity contribution >= 4 is 23.5 Å². The number of rotatable bonds is 9. The molecule has 3 fully saturated rings. The number of carbonyl (C=O) groups is 2. The first-order valence-electron chi connectivity index (χ1n) is 24.1. The number of amides is 1. The van der Waals surface area contributed by atoms with Gasteiger partial charge >= 0.3 is 12.1 Å². The number of nitrogens with one attached hydrogen (secondary N) is 1. The molecule has 3 saturated heterocycles. The molecule has 2 aromatic heterocycles. The van der Waals surface area contributed by atoms with Crippen molar-refractivity contribution in [1.82, 2.24) is 29.3 Å². The minimum atomic E-state index is -0.507. The van der Waals surface area contributed by atoms with Gasteiger partial charge in [0.15, 0.2) is 0 Å². The number of hydrogen-bond donors (Lipinski definition) is 1. The summed E-state index contributed by atoms with van der Waals surface area (Å²) in [5.74, 6) is 1.99. The maximum atomic E-state index is 13.0. The third kappa shape index (κ3) is 14.5. The highest BCUT2D eigenvalue weighted by Crippen LogP contribution is 2.26. The van der Waals surface area contributed by atoms with Crippen LogP contribution in [0.4, 0.5) is 21.0 Å². The predicted molar refractivity (Wildman–Crippen MR) is 277 cm³/mol. The monoisotopic (exact) mass is 947 g/mol. The number of carbonyl (C=O) groups excluding carboxylic acids is 2. The maximum Gasteiger partial charge on any atom is 0.424 e. The van der Waals surface area contributed by atoms with E-state index in [1.165, 1.54) is 61.0 Å². The van der Waals surface area contributed by atoms with Gasteiger partial charge in [0.25, 0.3) is 0 Å². The van der Waals surface area contributed by atoms with Gasteiger partial charge in [0.1, 0.15) is 29.9 Å². The molecule has 0 bridgehead atoms. The standard InChI is InChI=1S/C23H26N4O2.C17H14N2O3.C12H18N2.C4H8O/c1-25(19-11-13-26(14-12-19)20-8-4-3-5-9-20)23(28)27-16-22(24-17-27)18-7-6-10-21(15-18)29-2;1-21-15-9-5-6-13(10-15)16-11-19(12-18-16)17(20)22-14-7-3-2-4-8-14;1-13-11-7-9-14(10-8-11)12-5-3-2-4-6-12;1-2-4-5-3-1/h3-10,15-17,19H,11-14H2,1-2H3;2-12H,1H3;2-6,11,13H,7-10H2,1H3;1-4H2. The highest BCUT2D eigenvalue weighted by Gasteiger charge is 2.27. The van der Waals surface area contributed by atoms with E-state index in [9.17, 15) is 9.59 Å². The Morgan fingerprint density at radius 3 is 1.53 bits per heavy atom. The number of hydrogen-bond acceptors (Lipinski definition) is 11. The lowest BCUT2D eigenvalue weighted by atomic mass is 10.0. The van der Waals surface area contributed by atoms with Crippen LogP contribution in [-0.4, -0.2) is 116 Å². The van der Waals surface area contributed by atoms with Gasteiger partial charge in [-0.3, -0.25) is 4.57 Å². The first-order valence-corrected chi connectivity index (χ1v) is 24.1. The topological polar surface area (TPSA) is 128 Å². The summed E-state index contributed by atoms with van der Waals surface area (Å²) < 4.78 is 23.5. The lowest BCUT2D eigenvalue weighted by Gasteiger charge is -2.37. The summed E-state index contributed by atoms with van der Waals surface area (Å²) in [5, 5.41) is 3.35. The van der Waals surface area contributed by atoms with Crippen molar-refractivity contribution in [2.75, 3.05) is 77.5 Å². The van der Waals surface area contributed by atoms with Gasteiger partial charge in [-0.1, -0.05) is 78.9 Å². The van der Waals surface area contributed by atoms with Crippen LogP contribution in [0.15, 0.2) is 165 Å². The normalized spacial score (nSPS) is 14.7. The average molecular weight is 947 g/mol. The first kappa shape index (κ1) is 50.5. The molecule has 0 atom stereocenters. The Hall–Kier alpha value is -7.42. The van der Waals surface area contributed by atoms with Crippen molar-refractivity contribution in [3.05, 3.63) is 165 Å². The van der Waals surface area contributed by atoms with Crippen LogP contribution in [0.3, 0.4) is 0 Å². The van der Waals surface area contributed by atoms with Crippen LogP contribution in [0.1, 0.15) is 38.5 Å². The molecule has 0 aliphatic carbocycles. The van der Waals surface area contributed by atoms with E-state index < -0.39 is 6.09 Å². The van der Waals surface area contributed by atoms with Crippen molar-refractivity contribution in [3.8, 4) is 39.8 Å². The number of anilines is 2. The highest BCUT2D eigenvalue weighted by molar-refractivity contribution is 5.78. The van der Waals surface area contributed by atoms with Gasteiger partial charge < -0.3 is 39.0 Å². The Morgan fingerprint density at radius 1 is 0.600 bits per heavy atom. The first-order chi connectivity index (χ1) is 34.3. The number of para-hydroxylation sites is 3. The molecule has 0 radical (unpaired) electrons. The van der Waals surface area contributed by atoms with Crippen LogP contribution in [-0.2, 0) is 4.74 Å². The average Bonchev–Trinajstić information content (AvgIpc) is 4.28. The second-order valence-electron chi connectivity index (χ2n) is 17.1. The fourth-order valence-electron chi connectivity index (χ4n) is 8.42. The van der Waals surface area contributed by atoms with Crippen molar-refractivity contribution < 1.29 is 28.5 Å². The van der Waals surface area contributed by atoms with Gasteiger partial charge in [0.05, 0.1) is 25.6 Å². The number of aromatic nitrogens is 4. The molecular formula is C56H66N8O6. The van der Waals surface area contributed by atoms with Crippen molar-refractivity contribution in [2.45, 2.75) is 50.6 Å². The molecule has 3 aliphatic heterocycles. The Labute approximate surface area is 412 Å². The Kier molecular flexibility index (Phi) is 19.0. The number of benzene rings is 5. The van der Waals surface area contributed by atoms with E-state index in [0.29, 0.717) is 11.4 Å². The molecule has 70 heavy (non-hydrogen) atoms. The Bertz CT molecular complexity index is 2620. The van der Waals surface area contributed by atoms with Gasteiger partial charge in [-0.05, 0) is 106 Å². The lowest BCUT2D eigenvalue weighted by Crippen LogP contribution is -2.46. The van der Waals surface area contributed by atoms with Crippen LogP contribution in [0, 0.1) is 0 Å². The molecule has 1 N–H and O–H groups in total. The van der Waals surface area contributed by atoms with E-state index >= 15 is 0 Å². The van der Waals surface area contributed by atoms with E-state index in [1.54, 1.807) is 61.8 Å². The van der Waals surface area contributed by atoms with E-state index in [0.717, 1.165) is 73.5 Å². The SMILES string of the molecule is C1CCOC1.CNC1CCN(c2ccccc2)CC1.COc1cccc(-c2cn(C(=O)N(C)C3CCN(c4ccccc4)CC3)cn2)c1.COc1cccc(-c2cn(C(=O)Oc3ccccc3)cn2)c1. The number of nitrogens with zero attached hydrogens (tertiary/aromatic N) is 7. The summed E-state index contributed by atoms with van der Waals surface area (Å²) in [6.07, 6.45) is 12.9. The zero-order chi connectivity index (χ0) is 48.9. The summed E-state index contributed by atoms with van der Waals surface area (Å²) in [6, 6.07) is 46.1. The van der Waals surface area contributed by atoms with E-state index in [4.69, 9.17) is 18.9 Å². The molecule has 366 valence electrons. The lowest BCUT2D eigenvalue weighted by molar-refractivity contribution is 0.181. The van der Waals surface area contributed by atoms with E-state index in [2.05, 4.69) is 86.7 Å². The molecule has 0 unspecified atom stereocenters. The van der Waals surface area contributed by atoms with Gasteiger partial charge in [0, 0.05) is 93.4 Å². The van der Waals surface area contributed by atoms with Crippen LogP contribution in [0.2, 0.25) is 0 Å². The van der Waals surface area contributed by atoms with Crippen LogP contribution in [0.25, 0.3) is 22.5 Å². The molecule has 14 nitrogen and oxygen atoms in total. The molecule has 14 heteroatoms. The van der Waals surface area contributed by atoms with Crippen molar-refractivity contribution in [2.24, 2.45) is 0 Å². The van der Waals surface area contributed by atoms with E-state index in [1.807, 2.05) is 72.6 Å². The van der Waals surface area contributed by atoms with Gasteiger partial charge in [-0.2, -0.15) is 0 Å². The van der Waals surface area contributed by atoms with Gasteiger partial charge in [0.2, 0.25) is 0 Å². The number of methoxy groups -OCH3 is 2. The smallest absolute Gasteiger partial charge is 0.424 e. The van der Waals surface area contributed by atoms with Crippen LogP contribution >= 0.6 is 0 Å². The fourth-order valence-corrected chi connectivity index (χ4v) is 8.42. The minimum absolute atomic E-state index is 0.0511. The predicted octanol–water partition coefficient (Wildman–Crippen LogP) is 10.4. The van der Waals surface area contributed by atoms with Crippen molar-refractivity contribution in [3.63, 3.8) is 0 Å². The molecule has 10 rings (SSSR count). The fraction of sp³-hybridized carbons (Fsp3) is 0.321. The number of ether oxygens (including phenoxy) is 4. The summed E-state index contributed by atoms with van der Waals surface area (Å²) >= 11 is 0. The zero-order valence-electron chi connectivity index (χ0n) is 40.8. The second-order valence-corrected chi connectivity index (χ2v) is 17.1. The third-order valence-electron chi connectivity index (χ3n) is 12.6. The second kappa shape index (κ2) is 26.4. The largest absolute Gasteiger partial charge is 0.497 e. The van der Waals surface area contributed by atoms with Gasteiger partial charge in [-0.15, -0.1) is 0 Å². The maximum absolute atomic E-state index is 13.0. The molecule has 7 aromatic rings. The molecule has 3 aliphatic rings. The molecule has 5 aromatic carbocycles. The molecule has 5 heterocycles. The molecule has 1 amide bonds. The molecular weight excluding hydrogens is 881 g/mol. The summed E-state index contributed by atoms with van der Waals surface area (Å²) in [6.45, 7) is 6.25. The summed E-state index contributed by atoms with van der Waals surface area (Å²) in [5.41, 5.74) is 5.83. The summed E-state index contributed by atoms with van der Waals surface area (Å²) in [4.78, 5) is 40.4. The van der Waals surface area contributed by atoms with Crippen LogP contribution in [0.5, 0.6) is 17.2 Å². The van der Waals surface area contributed by atoms with Gasteiger partial charge in [-0.25, -0.2) is 24.1 Å². The zero-order valence-corrected chi connectivity index (χ0v) is 40.8. The molecule has 0 saturated carbocycles. The highest BCUT2D eigenvalue weighted by atomic mass is 16.6. The quantitative estimate of drug-likeness (QED) is 0.149.